The summed E-state index contributed by atoms with van der Waals surface area (Å²) in [6, 6.07) is 0.470. The third-order valence-corrected chi connectivity index (χ3v) is 4.15. The highest BCUT2D eigenvalue weighted by atomic mass is 16.4. The van der Waals surface area contributed by atoms with Crippen LogP contribution in [0.1, 0.15) is 58.8 Å². The first-order chi connectivity index (χ1) is 7.44. The van der Waals surface area contributed by atoms with Crippen LogP contribution in [0.2, 0.25) is 0 Å². The van der Waals surface area contributed by atoms with Gasteiger partial charge in [-0.15, -0.1) is 0 Å². The van der Waals surface area contributed by atoms with E-state index in [9.17, 15) is 9.90 Å². The van der Waals surface area contributed by atoms with Gasteiger partial charge in [0.2, 0.25) is 0 Å². The Labute approximate surface area is 97.6 Å². The summed E-state index contributed by atoms with van der Waals surface area (Å²) in [6.45, 7) is 4.50. The van der Waals surface area contributed by atoms with Crippen LogP contribution in [0.25, 0.3) is 0 Å². The lowest BCUT2D eigenvalue weighted by Crippen LogP contribution is -2.52. The predicted molar refractivity (Wildman–Crippen MR) is 63.4 cm³/mol. The summed E-state index contributed by atoms with van der Waals surface area (Å²) < 4.78 is 0. The van der Waals surface area contributed by atoms with Gasteiger partial charge in [-0.05, 0) is 43.9 Å². The van der Waals surface area contributed by atoms with Crippen molar-refractivity contribution in [1.82, 2.24) is 5.32 Å². The van der Waals surface area contributed by atoms with E-state index in [1.807, 2.05) is 0 Å². The first kappa shape index (κ1) is 11.9. The standard InChI is InChI=1S/C13H23NO2/c1-12(2)6-3-7-13(9-8-12,11(15)16)14-10-4-5-10/h10,14H,3-9H2,1-2H3,(H,15,16). The molecule has 2 aliphatic rings. The third kappa shape index (κ3) is 2.57. The predicted octanol–water partition coefficient (Wildman–Crippen LogP) is 2.55. The van der Waals surface area contributed by atoms with Gasteiger partial charge < -0.3 is 5.11 Å². The van der Waals surface area contributed by atoms with E-state index in [1.165, 1.54) is 0 Å². The van der Waals surface area contributed by atoms with Crippen LogP contribution in [-0.2, 0) is 4.79 Å². The molecule has 1 unspecified atom stereocenters. The molecule has 1 atom stereocenters. The van der Waals surface area contributed by atoms with Crippen molar-refractivity contribution < 1.29 is 9.90 Å². The van der Waals surface area contributed by atoms with E-state index in [0.29, 0.717) is 11.5 Å². The minimum atomic E-state index is -0.642. The monoisotopic (exact) mass is 225 g/mol. The van der Waals surface area contributed by atoms with Gasteiger partial charge in [-0.2, -0.15) is 0 Å². The molecule has 16 heavy (non-hydrogen) atoms. The number of carboxylic acids is 1. The van der Waals surface area contributed by atoms with Crippen LogP contribution in [0.15, 0.2) is 0 Å². The molecule has 2 saturated carbocycles. The quantitative estimate of drug-likeness (QED) is 0.726. The summed E-state index contributed by atoms with van der Waals surface area (Å²) in [4.78, 5) is 11.5. The summed E-state index contributed by atoms with van der Waals surface area (Å²) >= 11 is 0. The molecule has 0 spiro atoms. The van der Waals surface area contributed by atoms with Crippen LogP contribution in [0.5, 0.6) is 0 Å². The van der Waals surface area contributed by atoms with Gasteiger partial charge in [-0.3, -0.25) is 10.1 Å². The molecule has 2 N–H and O–H groups in total. The highest BCUT2D eigenvalue weighted by Gasteiger charge is 2.44. The maximum absolute atomic E-state index is 11.5. The van der Waals surface area contributed by atoms with E-state index in [-0.39, 0.29) is 0 Å². The lowest BCUT2D eigenvalue weighted by Gasteiger charge is -2.30. The molecule has 0 aromatic heterocycles. The first-order valence-electron chi connectivity index (χ1n) is 6.45. The number of hydrogen-bond donors (Lipinski definition) is 2. The van der Waals surface area contributed by atoms with Crippen molar-refractivity contribution in [3.05, 3.63) is 0 Å². The number of carbonyl (C=O) groups is 1. The van der Waals surface area contributed by atoms with E-state index in [4.69, 9.17) is 0 Å². The zero-order valence-electron chi connectivity index (χ0n) is 10.4. The smallest absolute Gasteiger partial charge is 0.323 e. The fourth-order valence-corrected chi connectivity index (χ4v) is 2.71. The van der Waals surface area contributed by atoms with E-state index < -0.39 is 11.5 Å². The van der Waals surface area contributed by atoms with Crippen LogP contribution in [0.3, 0.4) is 0 Å². The minimum Gasteiger partial charge on any atom is -0.480 e. The molecule has 0 radical (unpaired) electrons. The summed E-state index contributed by atoms with van der Waals surface area (Å²) in [5.41, 5.74) is -0.322. The highest BCUT2D eigenvalue weighted by Crippen LogP contribution is 2.39. The van der Waals surface area contributed by atoms with E-state index in [0.717, 1.165) is 44.9 Å². The average Bonchev–Trinajstić information content (AvgIpc) is 2.97. The Morgan fingerprint density at radius 3 is 2.44 bits per heavy atom. The Bertz CT molecular complexity index is 284. The maximum atomic E-state index is 11.5. The Balaban J connectivity index is 2.09. The molecular formula is C13H23NO2. The van der Waals surface area contributed by atoms with Crippen molar-refractivity contribution >= 4 is 5.97 Å². The van der Waals surface area contributed by atoms with E-state index in [1.54, 1.807) is 0 Å². The van der Waals surface area contributed by atoms with Crippen LogP contribution >= 0.6 is 0 Å². The van der Waals surface area contributed by atoms with Crippen molar-refractivity contribution in [2.24, 2.45) is 5.41 Å². The second kappa shape index (κ2) is 4.02. The average molecular weight is 225 g/mol. The van der Waals surface area contributed by atoms with Crippen molar-refractivity contribution in [2.75, 3.05) is 0 Å². The van der Waals surface area contributed by atoms with Gasteiger partial charge in [0.05, 0.1) is 0 Å². The number of carboxylic acid groups (broad SMARTS) is 1. The summed E-state index contributed by atoms with van der Waals surface area (Å²) in [6.07, 6.45) is 7.07. The zero-order valence-corrected chi connectivity index (χ0v) is 10.4. The minimum absolute atomic E-state index is 0.308. The number of nitrogens with one attached hydrogen (secondary N) is 1. The van der Waals surface area contributed by atoms with E-state index >= 15 is 0 Å². The number of hydrogen-bond acceptors (Lipinski definition) is 2. The molecule has 0 aromatic rings. The molecule has 0 heterocycles. The van der Waals surface area contributed by atoms with Crippen molar-refractivity contribution in [3.8, 4) is 0 Å². The van der Waals surface area contributed by atoms with Crippen LogP contribution in [0, 0.1) is 5.41 Å². The molecule has 0 bridgehead atoms. The van der Waals surface area contributed by atoms with Gasteiger partial charge in [0, 0.05) is 6.04 Å². The van der Waals surface area contributed by atoms with Crippen LogP contribution in [-0.4, -0.2) is 22.7 Å². The zero-order chi connectivity index (χ0) is 11.8. The molecule has 92 valence electrons. The van der Waals surface area contributed by atoms with Gasteiger partial charge in [-0.25, -0.2) is 0 Å². The fraction of sp³-hybridized carbons (Fsp3) is 0.923. The first-order valence-corrected chi connectivity index (χ1v) is 6.45. The van der Waals surface area contributed by atoms with Crippen molar-refractivity contribution in [2.45, 2.75) is 70.4 Å². The molecule has 0 amide bonds. The molecule has 2 fully saturated rings. The molecule has 3 heteroatoms. The van der Waals surface area contributed by atoms with Crippen molar-refractivity contribution in [1.29, 1.82) is 0 Å². The summed E-state index contributed by atoms with van der Waals surface area (Å²) in [5, 5.41) is 12.9. The largest absolute Gasteiger partial charge is 0.480 e. The van der Waals surface area contributed by atoms with Crippen LogP contribution in [0.4, 0.5) is 0 Å². The second-order valence-electron chi connectivity index (χ2n) is 6.32. The SMILES string of the molecule is CC1(C)CCCC(NC2CC2)(C(=O)O)CC1. The summed E-state index contributed by atoms with van der Waals surface area (Å²) in [5.74, 6) is -0.642. The molecular weight excluding hydrogens is 202 g/mol. The summed E-state index contributed by atoms with van der Waals surface area (Å²) in [7, 11) is 0. The second-order valence-corrected chi connectivity index (χ2v) is 6.32. The lowest BCUT2D eigenvalue weighted by molar-refractivity contribution is -0.145. The normalized spacial score (nSPS) is 34.4. The number of rotatable bonds is 3. The Morgan fingerprint density at radius 1 is 1.19 bits per heavy atom. The molecule has 2 aliphatic carbocycles. The molecule has 0 aromatic carbocycles. The van der Waals surface area contributed by atoms with Gasteiger partial charge in [0.1, 0.15) is 5.54 Å². The molecule has 0 aliphatic heterocycles. The van der Waals surface area contributed by atoms with Crippen molar-refractivity contribution in [3.63, 3.8) is 0 Å². The number of aliphatic carboxylic acids is 1. The highest BCUT2D eigenvalue weighted by molar-refractivity contribution is 5.79. The van der Waals surface area contributed by atoms with Crippen LogP contribution < -0.4 is 5.32 Å². The van der Waals surface area contributed by atoms with Gasteiger partial charge >= 0.3 is 5.97 Å². The van der Waals surface area contributed by atoms with Gasteiger partial charge in [0.15, 0.2) is 0 Å². The Hall–Kier alpha value is -0.570. The Morgan fingerprint density at radius 2 is 1.88 bits per heavy atom. The molecule has 2 rings (SSSR count). The topological polar surface area (TPSA) is 49.3 Å². The van der Waals surface area contributed by atoms with Gasteiger partial charge in [-0.1, -0.05) is 20.3 Å². The van der Waals surface area contributed by atoms with E-state index in [2.05, 4.69) is 19.2 Å². The third-order valence-electron chi connectivity index (χ3n) is 4.15. The lowest BCUT2D eigenvalue weighted by atomic mass is 9.83. The van der Waals surface area contributed by atoms with Gasteiger partial charge in [0.25, 0.3) is 0 Å². The Kier molecular flexibility index (Phi) is 2.99. The maximum Gasteiger partial charge on any atom is 0.323 e. The fourth-order valence-electron chi connectivity index (χ4n) is 2.71. The molecule has 0 saturated heterocycles. The molecule has 3 nitrogen and oxygen atoms in total.